The molecule has 1 heterocycles. The summed E-state index contributed by atoms with van der Waals surface area (Å²) >= 11 is 0. The number of nitrogens with one attached hydrogen (secondary N) is 2. The van der Waals surface area contributed by atoms with Gasteiger partial charge in [-0.15, -0.1) is 0 Å². The fourth-order valence-electron chi connectivity index (χ4n) is 1.99. The number of pyridine rings is 1. The SMILES string of the molecule is CNCc1cccc(-c2cc(CNC)ccn2)c1. The maximum atomic E-state index is 4.44. The fraction of sp³-hybridized carbons (Fsp3) is 0.267. The second-order valence-corrected chi connectivity index (χ2v) is 4.31. The predicted molar refractivity (Wildman–Crippen MR) is 75.2 cm³/mol. The normalized spacial score (nSPS) is 10.6. The molecule has 1 aromatic heterocycles. The zero-order chi connectivity index (χ0) is 12.8. The minimum Gasteiger partial charge on any atom is -0.316 e. The van der Waals surface area contributed by atoms with Gasteiger partial charge in [-0.1, -0.05) is 18.2 Å². The summed E-state index contributed by atoms with van der Waals surface area (Å²) in [6.45, 7) is 1.75. The van der Waals surface area contributed by atoms with Crippen molar-refractivity contribution in [3.63, 3.8) is 0 Å². The van der Waals surface area contributed by atoms with E-state index in [4.69, 9.17) is 0 Å². The summed E-state index contributed by atoms with van der Waals surface area (Å²) in [4.78, 5) is 4.44. The third-order valence-corrected chi connectivity index (χ3v) is 2.81. The van der Waals surface area contributed by atoms with E-state index in [-0.39, 0.29) is 0 Å². The lowest BCUT2D eigenvalue weighted by Crippen LogP contribution is -2.06. The lowest BCUT2D eigenvalue weighted by atomic mass is 10.1. The molecule has 0 bridgehead atoms. The van der Waals surface area contributed by atoms with Crippen LogP contribution in [0.2, 0.25) is 0 Å². The molecular weight excluding hydrogens is 222 g/mol. The van der Waals surface area contributed by atoms with E-state index in [2.05, 4.69) is 45.9 Å². The number of hydrogen-bond acceptors (Lipinski definition) is 3. The molecular formula is C15H19N3. The van der Waals surface area contributed by atoms with Crippen LogP contribution in [0.3, 0.4) is 0 Å². The predicted octanol–water partition coefficient (Wildman–Crippen LogP) is 2.19. The van der Waals surface area contributed by atoms with Gasteiger partial charge in [0.1, 0.15) is 0 Å². The maximum absolute atomic E-state index is 4.44. The summed E-state index contributed by atoms with van der Waals surface area (Å²) < 4.78 is 0. The first-order valence-corrected chi connectivity index (χ1v) is 6.17. The van der Waals surface area contributed by atoms with Crippen molar-refractivity contribution < 1.29 is 0 Å². The highest BCUT2D eigenvalue weighted by atomic mass is 14.8. The molecule has 3 nitrogen and oxygen atoms in total. The number of rotatable bonds is 5. The van der Waals surface area contributed by atoms with Gasteiger partial charge < -0.3 is 10.6 Å². The van der Waals surface area contributed by atoms with Crippen LogP contribution in [-0.2, 0) is 13.1 Å². The van der Waals surface area contributed by atoms with E-state index in [1.54, 1.807) is 0 Å². The van der Waals surface area contributed by atoms with Gasteiger partial charge in [-0.2, -0.15) is 0 Å². The van der Waals surface area contributed by atoms with Gasteiger partial charge in [0, 0.05) is 24.8 Å². The van der Waals surface area contributed by atoms with Gasteiger partial charge in [0.2, 0.25) is 0 Å². The quantitative estimate of drug-likeness (QED) is 0.842. The Balaban J connectivity index is 2.29. The molecule has 0 spiro atoms. The molecule has 0 radical (unpaired) electrons. The molecule has 0 aliphatic heterocycles. The van der Waals surface area contributed by atoms with Gasteiger partial charge in [-0.25, -0.2) is 0 Å². The van der Waals surface area contributed by atoms with Crippen molar-refractivity contribution in [2.45, 2.75) is 13.1 Å². The van der Waals surface area contributed by atoms with E-state index >= 15 is 0 Å². The second kappa shape index (κ2) is 6.28. The van der Waals surface area contributed by atoms with E-state index < -0.39 is 0 Å². The van der Waals surface area contributed by atoms with Crippen LogP contribution in [-0.4, -0.2) is 19.1 Å². The lowest BCUT2D eigenvalue weighted by Gasteiger charge is -2.06. The van der Waals surface area contributed by atoms with Crippen molar-refractivity contribution in [3.8, 4) is 11.3 Å². The van der Waals surface area contributed by atoms with Gasteiger partial charge in [0.25, 0.3) is 0 Å². The average molecular weight is 241 g/mol. The van der Waals surface area contributed by atoms with E-state index in [9.17, 15) is 0 Å². The topological polar surface area (TPSA) is 37.0 Å². The lowest BCUT2D eigenvalue weighted by molar-refractivity contribution is 0.815. The highest BCUT2D eigenvalue weighted by molar-refractivity contribution is 5.60. The van der Waals surface area contributed by atoms with Crippen LogP contribution in [0.25, 0.3) is 11.3 Å². The summed E-state index contributed by atoms with van der Waals surface area (Å²) in [7, 11) is 3.91. The van der Waals surface area contributed by atoms with Crippen molar-refractivity contribution in [3.05, 3.63) is 53.7 Å². The Morgan fingerprint density at radius 1 is 0.944 bits per heavy atom. The average Bonchev–Trinajstić information content (AvgIpc) is 2.40. The van der Waals surface area contributed by atoms with Crippen molar-refractivity contribution in [2.24, 2.45) is 0 Å². The van der Waals surface area contributed by atoms with Crippen LogP contribution in [0, 0.1) is 0 Å². The molecule has 0 saturated carbocycles. The van der Waals surface area contributed by atoms with Crippen LogP contribution < -0.4 is 10.6 Å². The zero-order valence-corrected chi connectivity index (χ0v) is 10.9. The molecule has 18 heavy (non-hydrogen) atoms. The molecule has 0 aliphatic carbocycles. The van der Waals surface area contributed by atoms with Gasteiger partial charge in [0.15, 0.2) is 0 Å². The second-order valence-electron chi connectivity index (χ2n) is 4.31. The van der Waals surface area contributed by atoms with Crippen LogP contribution >= 0.6 is 0 Å². The Kier molecular flexibility index (Phi) is 4.45. The molecule has 0 aliphatic rings. The Hall–Kier alpha value is -1.71. The minimum atomic E-state index is 0.867. The first-order valence-electron chi connectivity index (χ1n) is 6.17. The maximum Gasteiger partial charge on any atom is 0.0705 e. The molecule has 0 amide bonds. The molecule has 0 atom stereocenters. The number of hydrogen-bond donors (Lipinski definition) is 2. The molecule has 0 unspecified atom stereocenters. The van der Waals surface area contributed by atoms with Crippen molar-refractivity contribution >= 4 is 0 Å². The Morgan fingerprint density at radius 3 is 2.39 bits per heavy atom. The highest BCUT2D eigenvalue weighted by Crippen LogP contribution is 2.19. The van der Waals surface area contributed by atoms with Gasteiger partial charge in [0.05, 0.1) is 5.69 Å². The van der Waals surface area contributed by atoms with Crippen molar-refractivity contribution in [2.75, 3.05) is 14.1 Å². The Morgan fingerprint density at radius 2 is 1.67 bits per heavy atom. The summed E-state index contributed by atoms with van der Waals surface area (Å²) in [6.07, 6.45) is 1.87. The van der Waals surface area contributed by atoms with Gasteiger partial charge >= 0.3 is 0 Å². The molecule has 1 aromatic carbocycles. The van der Waals surface area contributed by atoms with E-state index in [1.807, 2.05) is 26.4 Å². The molecule has 2 aromatic rings. The van der Waals surface area contributed by atoms with E-state index in [1.165, 1.54) is 16.7 Å². The number of nitrogens with zero attached hydrogens (tertiary/aromatic N) is 1. The first-order chi connectivity index (χ1) is 8.83. The smallest absolute Gasteiger partial charge is 0.0705 e. The van der Waals surface area contributed by atoms with E-state index in [0.29, 0.717) is 0 Å². The largest absolute Gasteiger partial charge is 0.316 e. The Bertz CT molecular complexity index is 461. The highest BCUT2D eigenvalue weighted by Gasteiger charge is 2.01. The molecule has 3 heteroatoms. The molecule has 0 saturated heterocycles. The molecule has 2 N–H and O–H groups in total. The van der Waals surface area contributed by atoms with Gasteiger partial charge in [-0.05, 0) is 43.4 Å². The molecule has 2 rings (SSSR count). The van der Waals surface area contributed by atoms with Crippen LogP contribution in [0.15, 0.2) is 42.6 Å². The van der Waals surface area contributed by atoms with Crippen LogP contribution in [0.4, 0.5) is 0 Å². The number of benzene rings is 1. The summed E-state index contributed by atoms with van der Waals surface area (Å²) in [5.74, 6) is 0. The van der Waals surface area contributed by atoms with Crippen molar-refractivity contribution in [1.29, 1.82) is 0 Å². The van der Waals surface area contributed by atoms with Crippen LogP contribution in [0.1, 0.15) is 11.1 Å². The van der Waals surface area contributed by atoms with Crippen LogP contribution in [0.5, 0.6) is 0 Å². The standard InChI is InChI=1S/C15H19N3/c1-16-10-12-4-3-5-14(8-12)15-9-13(11-17-2)6-7-18-15/h3-9,16-17H,10-11H2,1-2H3. The Labute approximate surface area is 108 Å². The number of aromatic nitrogens is 1. The first kappa shape index (κ1) is 12.7. The zero-order valence-electron chi connectivity index (χ0n) is 10.9. The van der Waals surface area contributed by atoms with Gasteiger partial charge in [-0.3, -0.25) is 4.98 Å². The summed E-state index contributed by atoms with van der Waals surface area (Å²) in [5.41, 5.74) is 4.72. The van der Waals surface area contributed by atoms with E-state index in [0.717, 1.165) is 18.8 Å². The third kappa shape index (κ3) is 3.15. The minimum absolute atomic E-state index is 0.867. The van der Waals surface area contributed by atoms with Crippen molar-refractivity contribution in [1.82, 2.24) is 15.6 Å². The monoisotopic (exact) mass is 241 g/mol. The summed E-state index contributed by atoms with van der Waals surface area (Å²) in [5, 5.41) is 6.32. The molecule has 94 valence electrons. The molecule has 0 fully saturated rings. The fourth-order valence-corrected chi connectivity index (χ4v) is 1.99. The summed E-state index contributed by atoms with van der Waals surface area (Å²) in [6, 6.07) is 12.7. The third-order valence-electron chi connectivity index (χ3n) is 2.81.